The zero-order valence-corrected chi connectivity index (χ0v) is 12.9. The van der Waals surface area contributed by atoms with Gasteiger partial charge in [-0.05, 0) is 18.2 Å². The van der Waals surface area contributed by atoms with Crippen LogP contribution in [-0.2, 0) is 4.79 Å². The van der Waals surface area contributed by atoms with Crippen LogP contribution in [0.5, 0.6) is 0 Å². The minimum absolute atomic E-state index is 0.440. The molecule has 3 rings (SSSR count). The first-order chi connectivity index (χ1) is 10.1. The molecule has 0 saturated carbocycles. The molecule has 106 valence electrons. The summed E-state index contributed by atoms with van der Waals surface area (Å²) >= 11 is 3.45. The van der Waals surface area contributed by atoms with Gasteiger partial charge in [0.25, 0.3) is 5.91 Å². The standard InChI is InChI=1S/C16H13BrN2O2/c1-19-13-8-7-11(17)9-12(13)14(18-15(20)16(19)21)10-5-3-2-4-6-10/h2-9,15,20H,1H3. The zero-order chi connectivity index (χ0) is 15.0. The highest BCUT2D eigenvalue weighted by atomic mass is 79.9. The Bertz CT molecular complexity index is 728. The molecule has 0 spiro atoms. The molecular weight excluding hydrogens is 332 g/mol. The van der Waals surface area contributed by atoms with Gasteiger partial charge in [-0.3, -0.25) is 4.79 Å². The molecule has 21 heavy (non-hydrogen) atoms. The van der Waals surface area contributed by atoms with E-state index in [1.54, 1.807) is 7.05 Å². The van der Waals surface area contributed by atoms with Crippen LogP contribution in [0.4, 0.5) is 5.69 Å². The van der Waals surface area contributed by atoms with E-state index in [2.05, 4.69) is 20.9 Å². The van der Waals surface area contributed by atoms with Crippen LogP contribution in [0, 0.1) is 0 Å². The summed E-state index contributed by atoms with van der Waals surface area (Å²) in [6.45, 7) is 0. The number of anilines is 1. The smallest absolute Gasteiger partial charge is 0.278 e. The highest BCUT2D eigenvalue weighted by Crippen LogP contribution is 2.29. The number of nitrogens with zero attached hydrogens (tertiary/aromatic N) is 2. The SMILES string of the molecule is CN1C(=O)C(O)N=C(c2ccccc2)c2cc(Br)ccc21. The van der Waals surface area contributed by atoms with E-state index in [9.17, 15) is 9.90 Å². The van der Waals surface area contributed by atoms with Crippen molar-refractivity contribution in [3.05, 3.63) is 64.1 Å². The molecule has 0 saturated heterocycles. The van der Waals surface area contributed by atoms with Crippen LogP contribution >= 0.6 is 15.9 Å². The van der Waals surface area contributed by atoms with E-state index in [-0.39, 0.29) is 0 Å². The normalized spacial score (nSPS) is 18.0. The van der Waals surface area contributed by atoms with Crippen LogP contribution in [0.2, 0.25) is 0 Å². The van der Waals surface area contributed by atoms with Gasteiger partial charge in [-0.15, -0.1) is 0 Å². The van der Waals surface area contributed by atoms with E-state index in [4.69, 9.17) is 0 Å². The van der Waals surface area contributed by atoms with Crippen molar-refractivity contribution in [1.82, 2.24) is 0 Å². The van der Waals surface area contributed by atoms with E-state index in [0.717, 1.165) is 21.3 Å². The van der Waals surface area contributed by atoms with Crippen molar-refractivity contribution >= 4 is 33.2 Å². The van der Waals surface area contributed by atoms with Crippen molar-refractivity contribution in [2.24, 2.45) is 4.99 Å². The largest absolute Gasteiger partial charge is 0.364 e. The van der Waals surface area contributed by atoms with Crippen molar-refractivity contribution in [2.45, 2.75) is 6.23 Å². The van der Waals surface area contributed by atoms with Crippen LogP contribution in [0.3, 0.4) is 0 Å². The molecule has 2 aromatic rings. The lowest BCUT2D eigenvalue weighted by atomic mass is 10.0. The Morgan fingerprint density at radius 2 is 1.90 bits per heavy atom. The summed E-state index contributed by atoms with van der Waals surface area (Å²) in [5, 5.41) is 10.0. The molecule has 1 amide bonds. The molecule has 0 radical (unpaired) electrons. The van der Waals surface area contributed by atoms with Crippen LogP contribution in [0.15, 0.2) is 58.0 Å². The molecule has 0 bridgehead atoms. The monoisotopic (exact) mass is 344 g/mol. The fourth-order valence-electron chi connectivity index (χ4n) is 2.36. The minimum atomic E-state index is -1.39. The number of carbonyl (C=O) groups excluding carboxylic acids is 1. The van der Waals surface area contributed by atoms with E-state index >= 15 is 0 Å². The second kappa shape index (κ2) is 5.42. The van der Waals surface area contributed by atoms with Crippen molar-refractivity contribution < 1.29 is 9.90 Å². The second-order valence-corrected chi connectivity index (χ2v) is 5.69. The Morgan fingerprint density at radius 1 is 1.19 bits per heavy atom. The van der Waals surface area contributed by atoms with Gasteiger partial charge in [0, 0.05) is 22.6 Å². The van der Waals surface area contributed by atoms with Gasteiger partial charge in [-0.2, -0.15) is 0 Å². The van der Waals surface area contributed by atoms with Crippen LogP contribution in [0.25, 0.3) is 0 Å². The Kier molecular flexibility index (Phi) is 3.61. The predicted octanol–water partition coefficient (Wildman–Crippen LogP) is 2.58. The highest BCUT2D eigenvalue weighted by molar-refractivity contribution is 9.10. The van der Waals surface area contributed by atoms with Crippen molar-refractivity contribution in [1.29, 1.82) is 0 Å². The van der Waals surface area contributed by atoms with Crippen molar-refractivity contribution in [3.8, 4) is 0 Å². The number of benzodiazepines with no additional fused rings is 1. The number of hydrogen-bond acceptors (Lipinski definition) is 3. The summed E-state index contributed by atoms with van der Waals surface area (Å²) in [5.41, 5.74) is 3.00. The van der Waals surface area contributed by atoms with Gasteiger partial charge in [-0.1, -0.05) is 46.3 Å². The van der Waals surface area contributed by atoms with Gasteiger partial charge in [0.1, 0.15) is 0 Å². The van der Waals surface area contributed by atoms with Gasteiger partial charge in [0.05, 0.1) is 11.4 Å². The lowest BCUT2D eigenvalue weighted by Gasteiger charge is -2.18. The number of amides is 1. The topological polar surface area (TPSA) is 52.9 Å². The summed E-state index contributed by atoms with van der Waals surface area (Å²) in [6, 6.07) is 15.1. The molecular formula is C16H13BrN2O2. The van der Waals surface area contributed by atoms with Crippen LogP contribution in [-0.4, -0.2) is 30.0 Å². The molecule has 0 aliphatic carbocycles. The van der Waals surface area contributed by atoms with E-state index in [1.807, 2.05) is 48.5 Å². The van der Waals surface area contributed by atoms with E-state index < -0.39 is 12.1 Å². The molecule has 1 aliphatic rings. The second-order valence-electron chi connectivity index (χ2n) is 4.78. The number of carbonyl (C=O) groups is 1. The molecule has 1 N–H and O–H groups in total. The number of fused-ring (bicyclic) bond motifs is 1. The Balaban J connectivity index is 2.27. The third-order valence-corrected chi connectivity index (χ3v) is 3.92. The number of aliphatic hydroxyl groups is 1. The lowest BCUT2D eigenvalue weighted by Crippen LogP contribution is -2.34. The molecule has 1 aliphatic heterocycles. The summed E-state index contributed by atoms with van der Waals surface area (Å²) < 4.78 is 0.891. The fraction of sp³-hybridized carbons (Fsp3) is 0.125. The molecule has 5 heteroatoms. The summed E-state index contributed by atoms with van der Waals surface area (Å²) in [5.74, 6) is -0.440. The van der Waals surface area contributed by atoms with Crippen LogP contribution in [0.1, 0.15) is 11.1 Å². The minimum Gasteiger partial charge on any atom is -0.364 e. The van der Waals surface area contributed by atoms with Gasteiger partial charge < -0.3 is 10.0 Å². The summed E-state index contributed by atoms with van der Waals surface area (Å²) in [4.78, 5) is 17.8. The molecule has 4 nitrogen and oxygen atoms in total. The number of halogens is 1. The third kappa shape index (κ3) is 2.50. The van der Waals surface area contributed by atoms with Crippen LogP contribution < -0.4 is 4.90 Å². The number of aliphatic hydroxyl groups excluding tert-OH is 1. The molecule has 2 aromatic carbocycles. The Labute approximate surface area is 130 Å². The number of likely N-dealkylation sites (N-methyl/N-ethyl adjacent to an activating group) is 1. The maximum Gasteiger partial charge on any atom is 0.278 e. The first-order valence-electron chi connectivity index (χ1n) is 6.46. The predicted molar refractivity (Wildman–Crippen MR) is 85.6 cm³/mol. The number of aliphatic imine (C=N–C) groups is 1. The molecule has 1 heterocycles. The van der Waals surface area contributed by atoms with E-state index in [0.29, 0.717) is 5.71 Å². The van der Waals surface area contributed by atoms with Gasteiger partial charge in [0.15, 0.2) is 0 Å². The maximum atomic E-state index is 12.1. The number of rotatable bonds is 1. The third-order valence-electron chi connectivity index (χ3n) is 3.43. The van der Waals surface area contributed by atoms with Gasteiger partial charge in [0.2, 0.25) is 6.23 Å². The number of hydrogen-bond donors (Lipinski definition) is 1. The van der Waals surface area contributed by atoms with Crippen molar-refractivity contribution in [2.75, 3.05) is 11.9 Å². The number of benzene rings is 2. The average molecular weight is 345 g/mol. The lowest BCUT2D eigenvalue weighted by molar-refractivity contribution is -0.125. The molecule has 1 atom stereocenters. The highest BCUT2D eigenvalue weighted by Gasteiger charge is 2.28. The van der Waals surface area contributed by atoms with Gasteiger partial charge in [-0.25, -0.2) is 4.99 Å². The first-order valence-corrected chi connectivity index (χ1v) is 7.26. The zero-order valence-electron chi connectivity index (χ0n) is 11.3. The Morgan fingerprint density at radius 3 is 2.62 bits per heavy atom. The van der Waals surface area contributed by atoms with E-state index in [1.165, 1.54) is 4.90 Å². The summed E-state index contributed by atoms with van der Waals surface area (Å²) in [7, 11) is 1.64. The molecule has 1 unspecified atom stereocenters. The van der Waals surface area contributed by atoms with Crippen molar-refractivity contribution in [3.63, 3.8) is 0 Å². The average Bonchev–Trinajstić information content (AvgIpc) is 2.59. The maximum absolute atomic E-state index is 12.1. The Hall–Kier alpha value is -1.98. The first kappa shape index (κ1) is 14.0. The van der Waals surface area contributed by atoms with Gasteiger partial charge >= 0.3 is 0 Å². The summed E-state index contributed by atoms with van der Waals surface area (Å²) in [6.07, 6.45) is -1.39. The molecule has 0 aromatic heterocycles. The fourth-order valence-corrected chi connectivity index (χ4v) is 2.72. The molecule has 0 fully saturated rings. The quantitative estimate of drug-likeness (QED) is 0.864.